The number of rotatable bonds is 7. The average Bonchev–Trinajstić information content (AvgIpc) is 3.64. The molecule has 0 bridgehead atoms. The summed E-state index contributed by atoms with van der Waals surface area (Å²) in [5, 5.41) is 7.58. The van der Waals surface area contributed by atoms with Gasteiger partial charge >= 0.3 is 0 Å². The van der Waals surface area contributed by atoms with E-state index in [0.29, 0.717) is 18.8 Å². The Bertz CT molecular complexity index is 1300. The van der Waals surface area contributed by atoms with Gasteiger partial charge in [0.05, 0.1) is 17.8 Å². The van der Waals surface area contributed by atoms with Gasteiger partial charge in [0.2, 0.25) is 0 Å². The number of carbonyl (C=O) groups is 1. The largest absolute Gasteiger partial charge is 0.489 e. The molecule has 1 saturated heterocycles. The monoisotopic (exact) mass is 465 g/mol. The minimum atomic E-state index is -0.237. The third-order valence-electron chi connectivity index (χ3n) is 6.78. The van der Waals surface area contributed by atoms with E-state index in [1.807, 2.05) is 77.7 Å². The fourth-order valence-corrected chi connectivity index (χ4v) is 5.04. The highest BCUT2D eigenvalue weighted by molar-refractivity contribution is 6.00. The molecule has 4 aromatic rings. The summed E-state index contributed by atoms with van der Waals surface area (Å²) in [6, 6.07) is 28.0. The Hall–Kier alpha value is -3.90. The predicted molar refractivity (Wildman–Crippen MR) is 133 cm³/mol. The number of amides is 1. The van der Waals surface area contributed by atoms with Gasteiger partial charge in [-0.25, -0.2) is 0 Å². The lowest BCUT2D eigenvalue weighted by molar-refractivity contribution is 0.0495. The van der Waals surface area contributed by atoms with Crippen molar-refractivity contribution in [3.63, 3.8) is 0 Å². The van der Waals surface area contributed by atoms with Gasteiger partial charge in [0.25, 0.3) is 5.91 Å². The van der Waals surface area contributed by atoms with Gasteiger partial charge in [-0.3, -0.25) is 9.89 Å². The molecule has 35 heavy (non-hydrogen) atoms. The molecule has 2 aliphatic rings. The summed E-state index contributed by atoms with van der Waals surface area (Å²) in [4.78, 5) is 15.4. The summed E-state index contributed by atoms with van der Waals surface area (Å²) in [5.41, 5.74) is 5.45. The molecule has 1 amide bonds. The Morgan fingerprint density at radius 3 is 2.43 bits per heavy atom. The van der Waals surface area contributed by atoms with E-state index in [1.165, 1.54) is 0 Å². The number of hydrogen-bond donors (Lipinski definition) is 1. The Morgan fingerprint density at radius 1 is 0.971 bits per heavy atom. The lowest BCUT2D eigenvalue weighted by Gasteiger charge is -2.28. The van der Waals surface area contributed by atoms with Gasteiger partial charge in [-0.2, -0.15) is 5.10 Å². The van der Waals surface area contributed by atoms with E-state index < -0.39 is 0 Å². The molecule has 2 unspecified atom stereocenters. The fourth-order valence-electron chi connectivity index (χ4n) is 5.04. The van der Waals surface area contributed by atoms with Crippen molar-refractivity contribution in [2.75, 3.05) is 13.2 Å². The normalized spacial score (nSPS) is 19.2. The highest BCUT2D eigenvalue weighted by Gasteiger charge is 2.43. The van der Waals surface area contributed by atoms with Crippen molar-refractivity contribution in [1.29, 1.82) is 0 Å². The van der Waals surface area contributed by atoms with Crippen LogP contribution in [0.15, 0.2) is 84.9 Å². The first-order chi connectivity index (χ1) is 17.3. The van der Waals surface area contributed by atoms with Crippen molar-refractivity contribution in [3.8, 4) is 17.0 Å². The maximum atomic E-state index is 13.5. The van der Waals surface area contributed by atoms with Gasteiger partial charge in [-0.1, -0.05) is 72.8 Å². The summed E-state index contributed by atoms with van der Waals surface area (Å²) in [5.74, 6) is 0.767. The molecule has 2 atom stereocenters. The number of ether oxygens (including phenoxy) is 2. The number of aromatic nitrogens is 2. The van der Waals surface area contributed by atoms with E-state index in [2.05, 4.69) is 22.3 Å². The summed E-state index contributed by atoms with van der Waals surface area (Å²) < 4.78 is 11.9. The number of nitrogens with zero attached hydrogens (tertiary/aromatic N) is 2. The second-order valence-electron chi connectivity index (χ2n) is 9.07. The maximum absolute atomic E-state index is 13.5. The number of nitrogens with one attached hydrogen (secondary N) is 1. The van der Waals surface area contributed by atoms with Crippen molar-refractivity contribution in [2.24, 2.45) is 0 Å². The van der Waals surface area contributed by atoms with Crippen molar-refractivity contribution in [1.82, 2.24) is 15.1 Å². The van der Waals surface area contributed by atoms with E-state index in [-0.39, 0.29) is 18.1 Å². The van der Waals surface area contributed by atoms with Crippen LogP contribution in [0.3, 0.4) is 0 Å². The summed E-state index contributed by atoms with van der Waals surface area (Å²) in [7, 11) is 0. The van der Waals surface area contributed by atoms with Crippen LogP contribution in [0.2, 0.25) is 0 Å². The fraction of sp³-hybridized carbons (Fsp3) is 0.241. The molecule has 6 rings (SSSR count). The van der Waals surface area contributed by atoms with Crippen molar-refractivity contribution in [2.45, 2.75) is 31.6 Å². The lowest BCUT2D eigenvalue weighted by atomic mass is 9.96. The van der Waals surface area contributed by atoms with Crippen molar-refractivity contribution >= 4 is 5.91 Å². The number of fused-ring (bicyclic) bond motifs is 1. The molecule has 1 aromatic heterocycles. The zero-order chi connectivity index (χ0) is 23.6. The molecule has 3 aromatic carbocycles. The minimum Gasteiger partial charge on any atom is -0.489 e. The molecule has 2 aliphatic heterocycles. The van der Waals surface area contributed by atoms with Crippen LogP contribution in [0.1, 0.15) is 46.1 Å². The topological polar surface area (TPSA) is 67.5 Å². The summed E-state index contributed by atoms with van der Waals surface area (Å²) in [6.07, 6.45) is 2.07. The first-order valence-electron chi connectivity index (χ1n) is 12.1. The number of H-pyrrole nitrogens is 1. The predicted octanol–water partition coefficient (Wildman–Crippen LogP) is 5.38. The summed E-state index contributed by atoms with van der Waals surface area (Å²) >= 11 is 0. The zero-order valence-electron chi connectivity index (χ0n) is 19.4. The zero-order valence-corrected chi connectivity index (χ0v) is 19.4. The van der Waals surface area contributed by atoms with E-state index in [1.54, 1.807) is 0 Å². The maximum Gasteiger partial charge on any atom is 0.273 e. The molecular weight excluding hydrogens is 438 g/mol. The van der Waals surface area contributed by atoms with Crippen LogP contribution in [-0.2, 0) is 11.3 Å². The number of hydrogen-bond acceptors (Lipinski definition) is 4. The average molecular weight is 466 g/mol. The van der Waals surface area contributed by atoms with Crippen molar-refractivity contribution < 1.29 is 14.3 Å². The molecule has 1 N–H and O–H groups in total. The van der Waals surface area contributed by atoms with E-state index in [9.17, 15) is 4.79 Å². The Balaban J connectivity index is 1.33. The van der Waals surface area contributed by atoms with Gasteiger partial charge in [-0.05, 0) is 36.1 Å². The van der Waals surface area contributed by atoms with Gasteiger partial charge in [0.1, 0.15) is 18.1 Å². The van der Waals surface area contributed by atoms with E-state index >= 15 is 0 Å². The highest BCUT2D eigenvalue weighted by Crippen LogP contribution is 2.43. The Labute approximate surface area is 204 Å². The molecule has 6 nitrogen and oxygen atoms in total. The Kier molecular flexibility index (Phi) is 5.80. The molecule has 0 spiro atoms. The van der Waals surface area contributed by atoms with Crippen LogP contribution in [0, 0.1) is 0 Å². The van der Waals surface area contributed by atoms with Crippen LogP contribution >= 0.6 is 0 Å². The highest BCUT2D eigenvalue weighted by atomic mass is 16.5. The Morgan fingerprint density at radius 2 is 1.71 bits per heavy atom. The molecule has 0 radical (unpaired) electrons. The van der Waals surface area contributed by atoms with Crippen LogP contribution in [0.5, 0.6) is 5.75 Å². The van der Waals surface area contributed by atoms with E-state index in [4.69, 9.17) is 9.47 Å². The molecule has 1 fully saturated rings. The molecule has 3 heterocycles. The van der Waals surface area contributed by atoms with Crippen LogP contribution < -0.4 is 4.74 Å². The molecule has 176 valence electrons. The second kappa shape index (κ2) is 9.39. The van der Waals surface area contributed by atoms with Crippen LogP contribution in [0.4, 0.5) is 0 Å². The third-order valence-corrected chi connectivity index (χ3v) is 6.78. The van der Waals surface area contributed by atoms with E-state index in [0.717, 1.165) is 53.1 Å². The molecule has 0 saturated carbocycles. The third kappa shape index (κ3) is 4.21. The smallest absolute Gasteiger partial charge is 0.273 e. The van der Waals surface area contributed by atoms with Gasteiger partial charge < -0.3 is 14.4 Å². The van der Waals surface area contributed by atoms with Gasteiger partial charge in [0.15, 0.2) is 0 Å². The first kappa shape index (κ1) is 21.6. The lowest BCUT2D eigenvalue weighted by Crippen LogP contribution is -2.36. The first-order valence-corrected chi connectivity index (χ1v) is 12.1. The van der Waals surface area contributed by atoms with Gasteiger partial charge in [0, 0.05) is 24.3 Å². The molecule has 0 aliphatic carbocycles. The summed E-state index contributed by atoms with van der Waals surface area (Å²) in [6.45, 7) is 1.83. The van der Waals surface area contributed by atoms with Crippen LogP contribution in [0.25, 0.3) is 11.3 Å². The quantitative estimate of drug-likeness (QED) is 0.398. The second-order valence-corrected chi connectivity index (χ2v) is 9.07. The van der Waals surface area contributed by atoms with Crippen molar-refractivity contribution in [3.05, 3.63) is 107 Å². The molecule has 6 heteroatoms. The molecular formula is C29H27N3O3. The van der Waals surface area contributed by atoms with Gasteiger partial charge in [-0.15, -0.1) is 0 Å². The standard InChI is InChI=1S/C29H27N3O3/c33-29-27-25(26(30-31-27)21-10-5-2-6-11-21)28(32(29)18-24-12-7-17-34-24)22-13-15-23(16-14-22)35-19-20-8-3-1-4-9-20/h1-6,8-11,13-16,24,28H,7,12,17-19H2,(H,30,31). The minimum absolute atomic E-state index is 0.0282. The number of aromatic amines is 1. The SMILES string of the molecule is O=C1c2[nH]nc(-c3ccccc3)c2C(c2ccc(OCc3ccccc3)cc2)N1CC1CCCO1. The number of carbonyl (C=O) groups excluding carboxylic acids is 1. The van der Waals surface area contributed by atoms with Crippen LogP contribution in [-0.4, -0.2) is 40.3 Å². The number of benzene rings is 3.